The molecule has 0 spiro atoms. The molecule has 23 heavy (non-hydrogen) atoms. The fraction of sp³-hybridized carbons (Fsp3) is 0.647. The zero-order valence-corrected chi connectivity index (χ0v) is 14.2. The second-order valence-corrected chi connectivity index (χ2v) is 6.81. The van der Waals surface area contributed by atoms with Gasteiger partial charge in [0.25, 0.3) is 0 Å². The number of hydrogen-bond acceptors (Lipinski definition) is 4. The Balaban J connectivity index is 1.60. The number of nitrogens with one attached hydrogen (secondary N) is 1. The second kappa shape index (κ2) is 6.64. The maximum atomic E-state index is 12.2. The first-order valence-electron chi connectivity index (χ1n) is 8.50. The topological polar surface area (TPSA) is 72.2 Å². The molecule has 6 nitrogen and oxygen atoms in total. The van der Waals surface area contributed by atoms with Crippen LogP contribution in [-0.4, -0.2) is 31.8 Å². The van der Waals surface area contributed by atoms with Crippen molar-refractivity contribution >= 4 is 11.6 Å². The van der Waals surface area contributed by atoms with E-state index in [-0.39, 0.29) is 5.91 Å². The minimum Gasteiger partial charge on any atom is -0.353 e. The molecule has 6 heteroatoms. The summed E-state index contributed by atoms with van der Waals surface area (Å²) in [4.78, 5) is 12.2. The van der Waals surface area contributed by atoms with Crippen molar-refractivity contribution in [2.75, 3.05) is 0 Å². The van der Waals surface area contributed by atoms with E-state index in [0.717, 1.165) is 41.2 Å². The summed E-state index contributed by atoms with van der Waals surface area (Å²) in [7, 11) is 0. The summed E-state index contributed by atoms with van der Waals surface area (Å²) in [6.07, 6.45) is 7.46. The lowest BCUT2D eigenvalue weighted by atomic mass is 9.87. The van der Waals surface area contributed by atoms with E-state index in [0.29, 0.717) is 18.9 Å². The Labute approximate surface area is 136 Å². The van der Waals surface area contributed by atoms with Crippen LogP contribution < -0.4 is 5.32 Å². The second-order valence-electron chi connectivity index (χ2n) is 6.81. The van der Waals surface area contributed by atoms with Gasteiger partial charge in [0.05, 0.1) is 5.69 Å². The molecule has 1 N–H and O–H groups in total. The minimum atomic E-state index is 0.143. The Hall–Kier alpha value is -1.98. The highest BCUT2D eigenvalue weighted by atomic mass is 16.1. The molecule has 1 aliphatic carbocycles. The number of aromatic nitrogens is 4. The summed E-state index contributed by atoms with van der Waals surface area (Å²) in [5, 5.41) is 15.6. The maximum absolute atomic E-state index is 12.2. The summed E-state index contributed by atoms with van der Waals surface area (Å²) in [5.74, 6) is 0.944. The molecule has 1 fully saturated rings. The van der Waals surface area contributed by atoms with Gasteiger partial charge in [-0.15, -0.1) is 10.2 Å². The van der Waals surface area contributed by atoms with Gasteiger partial charge >= 0.3 is 0 Å². The van der Waals surface area contributed by atoms with Gasteiger partial charge in [0.2, 0.25) is 5.91 Å². The molecule has 0 atom stereocenters. The highest BCUT2D eigenvalue weighted by molar-refractivity contribution is 5.76. The van der Waals surface area contributed by atoms with Crippen molar-refractivity contribution in [1.82, 2.24) is 25.1 Å². The molecule has 0 bridgehead atoms. The Morgan fingerprint density at radius 1 is 1.30 bits per heavy atom. The number of fused-ring (bicyclic) bond motifs is 1. The third kappa shape index (κ3) is 3.51. The van der Waals surface area contributed by atoms with Crippen LogP contribution in [0.5, 0.6) is 0 Å². The predicted molar refractivity (Wildman–Crippen MR) is 88.1 cm³/mol. The van der Waals surface area contributed by atoms with Crippen LogP contribution >= 0.6 is 0 Å². The standard InChI is InChI=1S/C17H25N5O/c1-11-4-6-14(7-5-11)19-16(23)9-8-15-12(2)17-20-18-10-22(17)21-13(15)3/h10-11,14H,4-9H2,1-3H3,(H,19,23). The highest BCUT2D eigenvalue weighted by Crippen LogP contribution is 2.23. The van der Waals surface area contributed by atoms with E-state index in [9.17, 15) is 4.79 Å². The van der Waals surface area contributed by atoms with Crippen LogP contribution in [-0.2, 0) is 11.2 Å². The number of aryl methyl sites for hydroxylation is 2. The number of nitrogens with zero attached hydrogens (tertiary/aromatic N) is 4. The van der Waals surface area contributed by atoms with Crippen molar-refractivity contribution in [1.29, 1.82) is 0 Å². The molecule has 1 aliphatic rings. The molecule has 2 aromatic rings. The highest BCUT2D eigenvalue weighted by Gasteiger charge is 2.20. The van der Waals surface area contributed by atoms with Crippen LogP contribution in [0.4, 0.5) is 0 Å². The van der Waals surface area contributed by atoms with Crippen molar-refractivity contribution in [2.24, 2.45) is 5.92 Å². The third-order valence-corrected chi connectivity index (χ3v) is 5.00. The van der Waals surface area contributed by atoms with Gasteiger partial charge in [-0.05, 0) is 57.4 Å². The van der Waals surface area contributed by atoms with Crippen LogP contribution in [0, 0.1) is 19.8 Å². The van der Waals surface area contributed by atoms with E-state index in [1.807, 2.05) is 13.8 Å². The molecule has 0 radical (unpaired) electrons. The quantitative estimate of drug-likeness (QED) is 0.940. The van der Waals surface area contributed by atoms with Crippen molar-refractivity contribution in [3.8, 4) is 0 Å². The van der Waals surface area contributed by atoms with Crippen LogP contribution in [0.3, 0.4) is 0 Å². The SMILES string of the molecule is Cc1nn2cnnc2c(C)c1CCC(=O)NC1CCC(C)CC1. The molecule has 0 unspecified atom stereocenters. The van der Waals surface area contributed by atoms with Crippen LogP contribution in [0.2, 0.25) is 0 Å². The first-order chi connectivity index (χ1) is 11.0. The fourth-order valence-electron chi connectivity index (χ4n) is 3.49. The smallest absolute Gasteiger partial charge is 0.220 e. The van der Waals surface area contributed by atoms with E-state index < -0.39 is 0 Å². The molecule has 124 valence electrons. The summed E-state index contributed by atoms with van der Waals surface area (Å²) >= 11 is 0. The zero-order valence-electron chi connectivity index (χ0n) is 14.2. The van der Waals surface area contributed by atoms with Gasteiger partial charge in [0, 0.05) is 18.0 Å². The zero-order chi connectivity index (χ0) is 16.4. The maximum Gasteiger partial charge on any atom is 0.220 e. The van der Waals surface area contributed by atoms with Crippen molar-refractivity contribution in [3.05, 3.63) is 23.1 Å². The van der Waals surface area contributed by atoms with E-state index in [1.54, 1.807) is 10.8 Å². The summed E-state index contributed by atoms with van der Waals surface area (Å²) < 4.78 is 1.69. The monoisotopic (exact) mass is 315 g/mol. The van der Waals surface area contributed by atoms with Gasteiger partial charge in [-0.1, -0.05) is 6.92 Å². The van der Waals surface area contributed by atoms with E-state index >= 15 is 0 Å². The van der Waals surface area contributed by atoms with Crippen LogP contribution in [0.15, 0.2) is 6.33 Å². The summed E-state index contributed by atoms with van der Waals surface area (Å²) in [6, 6.07) is 0.359. The number of amides is 1. The lowest BCUT2D eigenvalue weighted by molar-refractivity contribution is -0.122. The molecule has 1 saturated carbocycles. The lowest BCUT2D eigenvalue weighted by Gasteiger charge is -2.27. The number of rotatable bonds is 4. The Bertz CT molecular complexity index is 700. The van der Waals surface area contributed by atoms with Crippen molar-refractivity contribution in [3.63, 3.8) is 0 Å². The fourth-order valence-corrected chi connectivity index (χ4v) is 3.49. The molecule has 1 amide bonds. The molecule has 2 heterocycles. The molecule has 0 aliphatic heterocycles. The molecular weight excluding hydrogens is 290 g/mol. The van der Waals surface area contributed by atoms with Crippen molar-refractivity contribution in [2.45, 2.75) is 65.3 Å². The first kappa shape index (κ1) is 15.9. The Kier molecular flexibility index (Phi) is 4.59. The van der Waals surface area contributed by atoms with E-state index in [2.05, 4.69) is 27.5 Å². The van der Waals surface area contributed by atoms with Gasteiger partial charge in [-0.25, -0.2) is 4.52 Å². The van der Waals surface area contributed by atoms with Crippen LogP contribution in [0.1, 0.15) is 55.8 Å². The van der Waals surface area contributed by atoms with Gasteiger partial charge in [0.15, 0.2) is 5.65 Å². The number of hydrogen-bond donors (Lipinski definition) is 1. The van der Waals surface area contributed by atoms with Gasteiger partial charge < -0.3 is 5.32 Å². The minimum absolute atomic E-state index is 0.143. The normalized spacial score (nSPS) is 21.5. The summed E-state index contributed by atoms with van der Waals surface area (Å²) in [6.45, 7) is 6.29. The molecule has 0 aromatic carbocycles. The average molecular weight is 315 g/mol. The molecule has 2 aromatic heterocycles. The third-order valence-electron chi connectivity index (χ3n) is 5.00. The van der Waals surface area contributed by atoms with Gasteiger partial charge in [-0.3, -0.25) is 4.79 Å². The molecule has 0 saturated heterocycles. The van der Waals surface area contributed by atoms with E-state index in [1.165, 1.54) is 12.8 Å². The van der Waals surface area contributed by atoms with E-state index in [4.69, 9.17) is 0 Å². The predicted octanol–water partition coefficient (Wildman–Crippen LogP) is 2.37. The number of carbonyl (C=O) groups excluding carboxylic acids is 1. The largest absolute Gasteiger partial charge is 0.353 e. The lowest BCUT2D eigenvalue weighted by Crippen LogP contribution is -2.37. The Morgan fingerprint density at radius 3 is 2.78 bits per heavy atom. The van der Waals surface area contributed by atoms with Crippen LogP contribution in [0.25, 0.3) is 5.65 Å². The number of carbonyl (C=O) groups is 1. The molecular formula is C17H25N5O. The molecule has 3 rings (SSSR count). The summed E-state index contributed by atoms with van der Waals surface area (Å²) in [5.41, 5.74) is 3.88. The Morgan fingerprint density at radius 2 is 2.04 bits per heavy atom. The van der Waals surface area contributed by atoms with Gasteiger partial charge in [0.1, 0.15) is 6.33 Å². The van der Waals surface area contributed by atoms with Crippen molar-refractivity contribution < 1.29 is 4.79 Å². The van der Waals surface area contributed by atoms with Gasteiger partial charge in [-0.2, -0.15) is 5.10 Å². The average Bonchev–Trinajstić information content (AvgIpc) is 2.98. The first-order valence-corrected chi connectivity index (χ1v) is 8.50.